The Morgan fingerprint density at radius 3 is 2.56 bits per heavy atom. The molecule has 98 valence electrons. The number of carboxylic acid groups (broad SMARTS) is 1. The van der Waals surface area contributed by atoms with Crippen molar-refractivity contribution in [3.8, 4) is 0 Å². The normalized spacial score (nSPS) is 24.0. The number of nitrogens with zero attached hydrogens (tertiary/aromatic N) is 1. The van der Waals surface area contributed by atoms with Gasteiger partial charge in [-0.1, -0.05) is 6.07 Å². The molecule has 1 aliphatic rings. The van der Waals surface area contributed by atoms with Crippen LogP contribution in [0.25, 0.3) is 0 Å². The molecule has 0 spiro atoms. The van der Waals surface area contributed by atoms with Crippen LogP contribution in [0.15, 0.2) is 18.2 Å². The molecule has 1 saturated heterocycles. The minimum absolute atomic E-state index is 0.113. The molecule has 3 N–H and O–H groups in total. The molecule has 2 atom stereocenters. The molecule has 1 aliphatic heterocycles. The molecule has 0 radical (unpaired) electrons. The molecule has 0 aliphatic carbocycles. The van der Waals surface area contributed by atoms with Crippen LogP contribution >= 0.6 is 0 Å². The first-order valence-corrected chi connectivity index (χ1v) is 6.01. The van der Waals surface area contributed by atoms with E-state index in [4.69, 9.17) is 15.6 Å². The first-order valence-electron chi connectivity index (χ1n) is 6.01. The SMILES string of the molecule is C[C@@H]1CN(c2cccc(C(=O)O)c2N)C[C@H](C)O1. The summed E-state index contributed by atoms with van der Waals surface area (Å²) >= 11 is 0. The van der Waals surface area contributed by atoms with E-state index in [9.17, 15) is 4.79 Å². The van der Waals surface area contributed by atoms with Crippen molar-refractivity contribution in [1.29, 1.82) is 0 Å². The highest BCUT2D eigenvalue weighted by Crippen LogP contribution is 2.29. The second-order valence-corrected chi connectivity index (χ2v) is 4.71. The van der Waals surface area contributed by atoms with Crippen LogP contribution in [0.2, 0.25) is 0 Å². The number of nitrogen functional groups attached to an aromatic ring is 1. The molecule has 0 saturated carbocycles. The molecule has 1 fully saturated rings. The molecule has 1 aromatic rings. The lowest BCUT2D eigenvalue weighted by Crippen LogP contribution is -2.45. The second kappa shape index (κ2) is 4.86. The van der Waals surface area contributed by atoms with E-state index >= 15 is 0 Å². The van der Waals surface area contributed by atoms with E-state index in [-0.39, 0.29) is 17.8 Å². The Bertz CT molecular complexity index is 452. The molecule has 5 nitrogen and oxygen atoms in total. The van der Waals surface area contributed by atoms with Gasteiger partial charge in [-0.25, -0.2) is 4.79 Å². The van der Waals surface area contributed by atoms with Crippen molar-refractivity contribution in [3.63, 3.8) is 0 Å². The lowest BCUT2D eigenvalue weighted by Gasteiger charge is -2.37. The average molecular weight is 250 g/mol. The standard InChI is InChI=1S/C13H18N2O3/c1-8-6-15(7-9(2)18-8)11-5-3-4-10(12(11)14)13(16)17/h3-5,8-9H,6-7,14H2,1-2H3,(H,16,17)/t8-,9+. The summed E-state index contributed by atoms with van der Waals surface area (Å²) < 4.78 is 5.66. The van der Waals surface area contributed by atoms with Crippen LogP contribution in [-0.4, -0.2) is 36.4 Å². The third kappa shape index (κ3) is 2.41. The Morgan fingerprint density at radius 2 is 2.00 bits per heavy atom. The third-order valence-corrected chi connectivity index (χ3v) is 3.07. The van der Waals surface area contributed by atoms with E-state index in [1.165, 1.54) is 6.07 Å². The van der Waals surface area contributed by atoms with Gasteiger partial charge < -0.3 is 20.5 Å². The molecule has 2 rings (SSSR count). The lowest BCUT2D eigenvalue weighted by molar-refractivity contribution is -0.00517. The minimum atomic E-state index is -0.997. The van der Waals surface area contributed by atoms with Gasteiger partial charge in [-0.15, -0.1) is 0 Å². The van der Waals surface area contributed by atoms with Crippen molar-refractivity contribution in [2.75, 3.05) is 23.7 Å². The maximum Gasteiger partial charge on any atom is 0.337 e. The smallest absolute Gasteiger partial charge is 0.337 e. The number of hydrogen-bond donors (Lipinski definition) is 2. The van der Waals surface area contributed by atoms with Gasteiger partial charge in [0.05, 0.1) is 29.1 Å². The zero-order valence-corrected chi connectivity index (χ0v) is 10.6. The fourth-order valence-electron chi connectivity index (χ4n) is 2.39. The van der Waals surface area contributed by atoms with Gasteiger partial charge in [0.15, 0.2) is 0 Å². The molecular formula is C13H18N2O3. The number of morpholine rings is 1. The van der Waals surface area contributed by atoms with Crippen molar-refractivity contribution < 1.29 is 14.6 Å². The van der Waals surface area contributed by atoms with Crippen LogP contribution in [0, 0.1) is 0 Å². The van der Waals surface area contributed by atoms with Crippen molar-refractivity contribution in [1.82, 2.24) is 0 Å². The predicted octanol–water partition coefficient (Wildman–Crippen LogP) is 1.58. The number of carbonyl (C=O) groups is 1. The molecule has 0 amide bonds. The molecule has 0 unspecified atom stereocenters. The Kier molecular flexibility index (Phi) is 3.43. The predicted molar refractivity (Wildman–Crippen MR) is 70.0 cm³/mol. The number of benzene rings is 1. The topological polar surface area (TPSA) is 75.8 Å². The number of carboxylic acids is 1. The molecule has 1 heterocycles. The highest BCUT2D eigenvalue weighted by Gasteiger charge is 2.24. The monoisotopic (exact) mass is 250 g/mol. The summed E-state index contributed by atoms with van der Waals surface area (Å²) in [6, 6.07) is 5.10. The number of nitrogens with two attached hydrogens (primary N) is 1. The fraction of sp³-hybridized carbons (Fsp3) is 0.462. The third-order valence-electron chi connectivity index (χ3n) is 3.07. The average Bonchev–Trinajstić information content (AvgIpc) is 2.27. The summed E-state index contributed by atoms with van der Waals surface area (Å²) in [5.41, 5.74) is 7.19. The zero-order valence-electron chi connectivity index (χ0n) is 10.6. The summed E-state index contributed by atoms with van der Waals surface area (Å²) in [6.07, 6.45) is 0.225. The Labute approximate surface area is 106 Å². The van der Waals surface area contributed by atoms with Crippen LogP contribution in [0.3, 0.4) is 0 Å². The van der Waals surface area contributed by atoms with E-state index in [0.717, 1.165) is 18.8 Å². The highest BCUT2D eigenvalue weighted by atomic mass is 16.5. The number of anilines is 2. The van der Waals surface area contributed by atoms with E-state index in [2.05, 4.69) is 4.90 Å². The fourth-order valence-corrected chi connectivity index (χ4v) is 2.39. The second-order valence-electron chi connectivity index (χ2n) is 4.71. The number of aromatic carboxylic acids is 1. The molecule has 0 aromatic heterocycles. The maximum atomic E-state index is 11.1. The summed E-state index contributed by atoms with van der Waals surface area (Å²) in [7, 11) is 0. The Hall–Kier alpha value is -1.75. The first kappa shape index (κ1) is 12.7. The summed E-state index contributed by atoms with van der Waals surface area (Å²) in [5.74, 6) is -0.997. The minimum Gasteiger partial charge on any atom is -0.478 e. The van der Waals surface area contributed by atoms with Gasteiger partial charge in [-0.2, -0.15) is 0 Å². The number of hydrogen-bond acceptors (Lipinski definition) is 4. The van der Waals surface area contributed by atoms with Crippen molar-refractivity contribution >= 4 is 17.3 Å². The largest absolute Gasteiger partial charge is 0.478 e. The molecule has 1 aromatic carbocycles. The molecule has 5 heteroatoms. The number of ether oxygens (including phenoxy) is 1. The van der Waals surface area contributed by atoms with Crippen molar-refractivity contribution in [3.05, 3.63) is 23.8 Å². The van der Waals surface area contributed by atoms with Gasteiger partial charge in [0.25, 0.3) is 0 Å². The van der Waals surface area contributed by atoms with Crippen molar-refractivity contribution in [2.24, 2.45) is 0 Å². The zero-order chi connectivity index (χ0) is 13.3. The summed E-state index contributed by atoms with van der Waals surface area (Å²) in [4.78, 5) is 13.1. The Balaban J connectivity index is 2.33. The summed E-state index contributed by atoms with van der Waals surface area (Å²) in [5, 5.41) is 9.07. The van der Waals surface area contributed by atoms with Crippen LogP contribution in [-0.2, 0) is 4.74 Å². The Morgan fingerprint density at radius 1 is 1.39 bits per heavy atom. The van der Waals surface area contributed by atoms with E-state index in [0.29, 0.717) is 5.69 Å². The summed E-state index contributed by atoms with van der Waals surface area (Å²) in [6.45, 7) is 5.44. The molecule has 0 bridgehead atoms. The van der Waals surface area contributed by atoms with Gasteiger partial charge in [0, 0.05) is 13.1 Å². The van der Waals surface area contributed by atoms with Gasteiger partial charge in [-0.05, 0) is 26.0 Å². The lowest BCUT2D eigenvalue weighted by atomic mass is 10.1. The van der Waals surface area contributed by atoms with E-state index < -0.39 is 5.97 Å². The van der Waals surface area contributed by atoms with E-state index in [1.807, 2.05) is 19.9 Å². The van der Waals surface area contributed by atoms with Crippen molar-refractivity contribution in [2.45, 2.75) is 26.1 Å². The van der Waals surface area contributed by atoms with Crippen LogP contribution in [0.5, 0.6) is 0 Å². The maximum absolute atomic E-state index is 11.1. The van der Waals surface area contributed by atoms with Crippen LogP contribution in [0.4, 0.5) is 11.4 Å². The van der Waals surface area contributed by atoms with Gasteiger partial charge in [-0.3, -0.25) is 0 Å². The van der Waals surface area contributed by atoms with E-state index in [1.54, 1.807) is 6.07 Å². The quantitative estimate of drug-likeness (QED) is 0.779. The molecule has 18 heavy (non-hydrogen) atoms. The van der Waals surface area contributed by atoms with Gasteiger partial charge >= 0.3 is 5.97 Å². The molecular weight excluding hydrogens is 232 g/mol. The van der Waals surface area contributed by atoms with Crippen LogP contribution < -0.4 is 10.6 Å². The highest BCUT2D eigenvalue weighted by molar-refractivity contribution is 5.97. The first-order chi connectivity index (χ1) is 8.49. The van der Waals surface area contributed by atoms with Gasteiger partial charge in [0.1, 0.15) is 0 Å². The number of para-hydroxylation sites is 1. The number of rotatable bonds is 2. The van der Waals surface area contributed by atoms with Gasteiger partial charge in [0.2, 0.25) is 0 Å². The van der Waals surface area contributed by atoms with Crippen LogP contribution in [0.1, 0.15) is 24.2 Å².